The number of likely N-dealkylation sites (N-methyl/N-ethyl adjacent to an activating group) is 2. The van der Waals surface area contributed by atoms with Crippen molar-refractivity contribution in [3.63, 3.8) is 0 Å². The molecule has 0 amide bonds. The average Bonchev–Trinajstić information content (AvgIpc) is 2.45. The average molecular weight is 239 g/mol. The van der Waals surface area contributed by atoms with Crippen LogP contribution in [0.3, 0.4) is 0 Å². The predicted octanol–water partition coefficient (Wildman–Crippen LogP) is 3.18. The van der Waals surface area contributed by atoms with Crippen molar-refractivity contribution in [1.82, 2.24) is 10.3 Å². The van der Waals surface area contributed by atoms with Gasteiger partial charge in [-0.2, -0.15) is 0 Å². The second-order valence-electron chi connectivity index (χ2n) is 2.87. The fourth-order valence-corrected chi connectivity index (χ4v) is 1.22. The Bertz CT molecular complexity index is 224. The van der Waals surface area contributed by atoms with Gasteiger partial charge >= 0.3 is 0 Å². The highest BCUT2D eigenvalue weighted by Crippen LogP contribution is 2.07. The van der Waals surface area contributed by atoms with Crippen LogP contribution in [-0.2, 0) is 0 Å². The number of nitrogens with one attached hydrogen (secondary N) is 1. The molecule has 3 nitrogen and oxygen atoms in total. The van der Waals surface area contributed by atoms with Crippen molar-refractivity contribution in [2.45, 2.75) is 34.6 Å². The summed E-state index contributed by atoms with van der Waals surface area (Å²) in [5.74, 6) is 1.06. The zero-order chi connectivity index (χ0) is 13.5. The quantitative estimate of drug-likeness (QED) is 0.855. The van der Waals surface area contributed by atoms with Crippen molar-refractivity contribution in [1.29, 1.82) is 0 Å². The SMILES string of the molecule is CC.CC.CCN(CCNC)c1ccccn1. The summed E-state index contributed by atoms with van der Waals surface area (Å²) in [5, 5.41) is 3.13. The van der Waals surface area contributed by atoms with Crippen molar-refractivity contribution in [2.75, 3.05) is 31.6 Å². The Balaban J connectivity index is 0. The molecule has 1 aromatic heterocycles. The molecule has 100 valence electrons. The molecule has 0 saturated carbocycles. The molecule has 0 atom stereocenters. The lowest BCUT2D eigenvalue weighted by atomic mass is 10.4. The van der Waals surface area contributed by atoms with E-state index in [1.54, 1.807) is 0 Å². The summed E-state index contributed by atoms with van der Waals surface area (Å²) in [6, 6.07) is 6.00. The Morgan fingerprint density at radius 3 is 2.24 bits per heavy atom. The number of pyridine rings is 1. The van der Waals surface area contributed by atoms with Crippen LogP contribution >= 0.6 is 0 Å². The van der Waals surface area contributed by atoms with Crippen LogP contribution in [0.1, 0.15) is 34.6 Å². The van der Waals surface area contributed by atoms with Gasteiger partial charge < -0.3 is 10.2 Å². The Hall–Kier alpha value is -1.09. The van der Waals surface area contributed by atoms with Gasteiger partial charge in [0.05, 0.1) is 0 Å². The first-order valence-corrected chi connectivity index (χ1v) is 6.69. The van der Waals surface area contributed by atoms with Gasteiger partial charge in [-0.25, -0.2) is 4.98 Å². The Morgan fingerprint density at radius 2 is 1.82 bits per heavy atom. The van der Waals surface area contributed by atoms with E-state index in [9.17, 15) is 0 Å². The number of anilines is 1. The van der Waals surface area contributed by atoms with E-state index in [1.165, 1.54) is 0 Å². The lowest BCUT2D eigenvalue weighted by Gasteiger charge is -2.21. The van der Waals surface area contributed by atoms with Gasteiger partial charge in [0.25, 0.3) is 0 Å². The lowest BCUT2D eigenvalue weighted by Crippen LogP contribution is -2.31. The van der Waals surface area contributed by atoms with Crippen molar-refractivity contribution >= 4 is 5.82 Å². The zero-order valence-electron chi connectivity index (χ0n) is 12.3. The molecular formula is C14H29N3. The van der Waals surface area contributed by atoms with Crippen LogP contribution < -0.4 is 10.2 Å². The first-order valence-electron chi connectivity index (χ1n) is 6.69. The number of nitrogens with zero attached hydrogens (tertiary/aromatic N) is 2. The molecule has 0 bridgehead atoms. The highest BCUT2D eigenvalue weighted by Gasteiger charge is 2.02. The molecule has 0 aliphatic heterocycles. The van der Waals surface area contributed by atoms with Crippen molar-refractivity contribution in [3.05, 3.63) is 24.4 Å². The van der Waals surface area contributed by atoms with Gasteiger partial charge in [0.1, 0.15) is 5.82 Å². The van der Waals surface area contributed by atoms with Gasteiger partial charge in [0.2, 0.25) is 0 Å². The van der Waals surface area contributed by atoms with Crippen LogP contribution in [0.5, 0.6) is 0 Å². The topological polar surface area (TPSA) is 28.2 Å². The summed E-state index contributed by atoms with van der Waals surface area (Å²) in [5.41, 5.74) is 0. The molecule has 0 unspecified atom stereocenters. The summed E-state index contributed by atoms with van der Waals surface area (Å²) in [4.78, 5) is 6.55. The predicted molar refractivity (Wildman–Crippen MR) is 78.7 cm³/mol. The minimum Gasteiger partial charge on any atom is -0.356 e. The van der Waals surface area contributed by atoms with Crippen LogP contribution in [0.15, 0.2) is 24.4 Å². The first-order chi connectivity index (χ1) is 8.38. The van der Waals surface area contributed by atoms with Crippen molar-refractivity contribution < 1.29 is 0 Å². The van der Waals surface area contributed by atoms with Crippen LogP contribution in [0.4, 0.5) is 5.82 Å². The third kappa shape index (κ3) is 8.69. The van der Waals surface area contributed by atoms with E-state index in [-0.39, 0.29) is 0 Å². The Labute approximate surface area is 107 Å². The van der Waals surface area contributed by atoms with Crippen LogP contribution in [0.2, 0.25) is 0 Å². The van der Waals surface area contributed by atoms with E-state index < -0.39 is 0 Å². The molecule has 0 fully saturated rings. The second-order valence-corrected chi connectivity index (χ2v) is 2.87. The maximum Gasteiger partial charge on any atom is 0.128 e. The van der Waals surface area contributed by atoms with E-state index in [1.807, 2.05) is 59.1 Å². The standard InChI is InChI=1S/C10H17N3.2C2H6/c1-3-13(9-8-11-2)10-6-4-5-7-12-10;2*1-2/h4-7,11H,3,8-9H2,1-2H3;2*1-2H3. The number of hydrogen-bond acceptors (Lipinski definition) is 3. The van der Waals surface area contributed by atoms with Gasteiger partial charge in [-0.1, -0.05) is 33.8 Å². The number of aromatic nitrogens is 1. The number of hydrogen-bond donors (Lipinski definition) is 1. The van der Waals surface area contributed by atoms with Crippen LogP contribution in [-0.4, -0.2) is 31.7 Å². The Morgan fingerprint density at radius 1 is 1.18 bits per heavy atom. The maximum atomic E-state index is 4.30. The van der Waals surface area contributed by atoms with Gasteiger partial charge in [-0.05, 0) is 26.1 Å². The van der Waals surface area contributed by atoms with E-state index in [0.717, 1.165) is 25.5 Å². The molecule has 1 aromatic rings. The molecule has 0 spiro atoms. The first kappa shape index (κ1) is 18.3. The van der Waals surface area contributed by atoms with E-state index in [4.69, 9.17) is 0 Å². The van der Waals surface area contributed by atoms with Crippen molar-refractivity contribution in [3.8, 4) is 0 Å². The fraction of sp³-hybridized carbons (Fsp3) is 0.643. The summed E-state index contributed by atoms with van der Waals surface area (Å²) in [7, 11) is 1.96. The largest absolute Gasteiger partial charge is 0.356 e. The highest BCUT2D eigenvalue weighted by molar-refractivity contribution is 5.37. The molecule has 1 rings (SSSR count). The van der Waals surface area contributed by atoms with Crippen LogP contribution in [0.25, 0.3) is 0 Å². The molecule has 0 aromatic carbocycles. The third-order valence-electron chi connectivity index (χ3n) is 1.99. The van der Waals surface area contributed by atoms with Gasteiger partial charge in [-0.3, -0.25) is 0 Å². The molecule has 1 N–H and O–H groups in total. The van der Waals surface area contributed by atoms with Gasteiger partial charge in [0.15, 0.2) is 0 Å². The molecule has 0 radical (unpaired) electrons. The van der Waals surface area contributed by atoms with Gasteiger partial charge in [0, 0.05) is 25.8 Å². The molecule has 1 heterocycles. The van der Waals surface area contributed by atoms with E-state index in [0.29, 0.717) is 0 Å². The normalized spacial score (nSPS) is 8.35. The lowest BCUT2D eigenvalue weighted by molar-refractivity contribution is 0.729. The Kier molecular flexibility index (Phi) is 16.0. The maximum absolute atomic E-state index is 4.30. The van der Waals surface area contributed by atoms with E-state index in [2.05, 4.69) is 22.1 Å². The molecular weight excluding hydrogens is 210 g/mol. The highest BCUT2D eigenvalue weighted by atomic mass is 15.2. The monoisotopic (exact) mass is 239 g/mol. The molecule has 17 heavy (non-hydrogen) atoms. The third-order valence-corrected chi connectivity index (χ3v) is 1.99. The summed E-state index contributed by atoms with van der Waals surface area (Å²) in [6.07, 6.45) is 1.83. The van der Waals surface area contributed by atoms with Crippen LogP contribution in [0, 0.1) is 0 Å². The molecule has 0 aliphatic carbocycles. The van der Waals surface area contributed by atoms with Crippen molar-refractivity contribution in [2.24, 2.45) is 0 Å². The fourth-order valence-electron chi connectivity index (χ4n) is 1.22. The molecule has 0 aliphatic rings. The second kappa shape index (κ2) is 14.9. The summed E-state index contributed by atoms with van der Waals surface area (Å²) < 4.78 is 0. The zero-order valence-corrected chi connectivity index (χ0v) is 12.3. The van der Waals surface area contributed by atoms with Gasteiger partial charge in [-0.15, -0.1) is 0 Å². The smallest absolute Gasteiger partial charge is 0.128 e. The summed E-state index contributed by atoms with van der Waals surface area (Å²) >= 11 is 0. The minimum atomic E-state index is 0.990. The van der Waals surface area contributed by atoms with E-state index >= 15 is 0 Å². The number of rotatable bonds is 5. The minimum absolute atomic E-state index is 0.990. The molecule has 0 saturated heterocycles. The summed E-state index contributed by atoms with van der Waals surface area (Å²) in [6.45, 7) is 13.1. The molecule has 3 heteroatoms.